The van der Waals surface area contributed by atoms with Gasteiger partial charge in [-0.3, -0.25) is 9.69 Å². The number of methoxy groups -OCH3 is 2. The maximum atomic E-state index is 14.1. The lowest BCUT2D eigenvalue weighted by molar-refractivity contribution is -0.131. The molecule has 0 bridgehead atoms. The van der Waals surface area contributed by atoms with Crippen LogP contribution in [0.15, 0.2) is 60.7 Å². The summed E-state index contributed by atoms with van der Waals surface area (Å²) < 4.78 is 10.9. The molecule has 7 heteroatoms. The van der Waals surface area contributed by atoms with Gasteiger partial charge in [0, 0.05) is 13.1 Å². The second-order valence-corrected chi connectivity index (χ2v) is 9.50. The lowest BCUT2D eigenvalue weighted by atomic mass is 9.81. The van der Waals surface area contributed by atoms with E-state index in [9.17, 15) is 9.59 Å². The Hall–Kier alpha value is -3.84. The van der Waals surface area contributed by atoms with Gasteiger partial charge in [-0.05, 0) is 65.8 Å². The molecule has 2 heterocycles. The van der Waals surface area contributed by atoms with Gasteiger partial charge >= 0.3 is 6.03 Å². The zero-order valence-electron chi connectivity index (χ0n) is 21.1. The first-order chi connectivity index (χ1) is 17.4. The van der Waals surface area contributed by atoms with E-state index in [1.54, 1.807) is 14.2 Å². The number of amides is 3. The van der Waals surface area contributed by atoms with Crippen molar-refractivity contribution in [3.05, 3.63) is 94.0 Å². The Morgan fingerprint density at radius 1 is 0.861 bits per heavy atom. The third-order valence-electron chi connectivity index (χ3n) is 7.39. The van der Waals surface area contributed by atoms with Gasteiger partial charge in [0.1, 0.15) is 0 Å². The molecule has 1 unspecified atom stereocenters. The Morgan fingerprint density at radius 2 is 1.56 bits per heavy atom. The summed E-state index contributed by atoms with van der Waals surface area (Å²) >= 11 is 0. The smallest absolute Gasteiger partial charge is 0.326 e. The predicted molar refractivity (Wildman–Crippen MR) is 137 cm³/mol. The lowest BCUT2D eigenvalue weighted by Gasteiger charge is -2.32. The van der Waals surface area contributed by atoms with E-state index >= 15 is 0 Å². The van der Waals surface area contributed by atoms with E-state index in [2.05, 4.69) is 10.2 Å². The molecule has 0 aromatic heterocycles. The molecule has 2 aliphatic rings. The molecule has 0 aliphatic carbocycles. The number of carbonyl (C=O) groups is 2. The largest absolute Gasteiger partial charge is 0.493 e. The Morgan fingerprint density at radius 3 is 2.22 bits per heavy atom. The summed E-state index contributed by atoms with van der Waals surface area (Å²) in [6.07, 6.45) is 0.792. The molecule has 3 amide bonds. The van der Waals surface area contributed by atoms with Crippen LogP contribution < -0.4 is 14.8 Å². The van der Waals surface area contributed by atoms with Crippen LogP contribution in [0.5, 0.6) is 11.5 Å². The minimum Gasteiger partial charge on any atom is -0.493 e. The van der Waals surface area contributed by atoms with E-state index < -0.39 is 5.54 Å². The maximum absolute atomic E-state index is 14.1. The molecule has 0 radical (unpaired) electrons. The highest BCUT2D eigenvalue weighted by atomic mass is 16.5. The fourth-order valence-corrected chi connectivity index (χ4v) is 5.19. The summed E-state index contributed by atoms with van der Waals surface area (Å²) in [6, 6.07) is 19.0. The van der Waals surface area contributed by atoms with Crippen molar-refractivity contribution in [2.75, 3.05) is 27.4 Å². The second-order valence-electron chi connectivity index (χ2n) is 9.50. The summed E-state index contributed by atoms with van der Waals surface area (Å²) in [4.78, 5) is 30.9. The van der Waals surface area contributed by atoms with Gasteiger partial charge < -0.3 is 14.8 Å². The third-order valence-corrected chi connectivity index (χ3v) is 7.39. The molecule has 1 saturated heterocycles. The van der Waals surface area contributed by atoms with Gasteiger partial charge in [-0.25, -0.2) is 9.69 Å². The number of imide groups is 1. The number of nitrogens with one attached hydrogen (secondary N) is 1. The maximum Gasteiger partial charge on any atom is 0.326 e. The van der Waals surface area contributed by atoms with Crippen molar-refractivity contribution < 1.29 is 19.1 Å². The predicted octanol–water partition coefficient (Wildman–Crippen LogP) is 4.13. The molecule has 7 nitrogen and oxygen atoms in total. The van der Waals surface area contributed by atoms with Gasteiger partial charge in [0.15, 0.2) is 17.0 Å². The van der Waals surface area contributed by atoms with Gasteiger partial charge in [0.2, 0.25) is 0 Å². The molecule has 5 rings (SSSR count). The average molecular weight is 486 g/mol. The number of nitrogens with zero attached hydrogens (tertiary/aromatic N) is 2. The van der Waals surface area contributed by atoms with Crippen LogP contribution in [0.4, 0.5) is 4.79 Å². The first kappa shape index (κ1) is 23.9. The van der Waals surface area contributed by atoms with Crippen LogP contribution in [0, 0.1) is 13.8 Å². The number of rotatable bonds is 6. The molecule has 3 aromatic carbocycles. The van der Waals surface area contributed by atoms with E-state index in [1.807, 2.05) is 74.5 Å². The molecule has 2 aliphatic heterocycles. The molecule has 1 N–H and O–H groups in total. The normalized spacial score (nSPS) is 19.7. The van der Waals surface area contributed by atoms with Crippen molar-refractivity contribution in [3.8, 4) is 11.5 Å². The molecular weight excluding hydrogens is 454 g/mol. The van der Waals surface area contributed by atoms with Crippen LogP contribution in [0.25, 0.3) is 0 Å². The Labute approximate surface area is 211 Å². The van der Waals surface area contributed by atoms with E-state index in [0.29, 0.717) is 18.0 Å². The first-order valence-electron chi connectivity index (χ1n) is 12.1. The summed E-state index contributed by atoms with van der Waals surface area (Å²) in [5.41, 5.74) is 4.74. The second kappa shape index (κ2) is 9.32. The number of hydrogen-bond acceptors (Lipinski definition) is 5. The monoisotopic (exact) mass is 485 g/mol. The van der Waals surface area contributed by atoms with Gasteiger partial charge in [-0.15, -0.1) is 0 Å². The Balaban J connectivity index is 1.46. The van der Waals surface area contributed by atoms with Gasteiger partial charge in [0.25, 0.3) is 5.91 Å². The number of benzene rings is 3. The summed E-state index contributed by atoms with van der Waals surface area (Å²) in [5, 5.41) is 3.06. The molecule has 36 heavy (non-hydrogen) atoms. The molecule has 1 atom stereocenters. The number of ether oxygens (including phenoxy) is 2. The number of urea groups is 1. The van der Waals surface area contributed by atoms with Crippen LogP contribution >= 0.6 is 0 Å². The standard InChI is InChI=1S/C29H31N3O4/c1-19-10-11-24(14-20(19)2)29(23-8-6-5-7-9-23)27(33)32(28(34)30-29)18-31-13-12-21-15-25(35-3)26(36-4)16-22(21)17-31/h5-11,14-16H,12-13,17-18H2,1-4H3,(H,30,34). The van der Waals surface area contributed by atoms with Crippen molar-refractivity contribution in [1.82, 2.24) is 15.1 Å². The number of hydrogen-bond donors (Lipinski definition) is 1. The van der Waals surface area contributed by atoms with E-state index in [-0.39, 0.29) is 18.6 Å². The topological polar surface area (TPSA) is 71.1 Å². The quantitative estimate of drug-likeness (QED) is 0.532. The lowest BCUT2D eigenvalue weighted by Crippen LogP contribution is -2.47. The van der Waals surface area contributed by atoms with E-state index in [0.717, 1.165) is 40.8 Å². The van der Waals surface area contributed by atoms with Crippen molar-refractivity contribution in [3.63, 3.8) is 0 Å². The fourth-order valence-electron chi connectivity index (χ4n) is 5.19. The zero-order chi connectivity index (χ0) is 25.4. The van der Waals surface area contributed by atoms with Crippen LogP contribution in [0.3, 0.4) is 0 Å². The van der Waals surface area contributed by atoms with Crippen LogP contribution in [0.2, 0.25) is 0 Å². The number of carbonyl (C=O) groups excluding carboxylic acids is 2. The highest BCUT2D eigenvalue weighted by molar-refractivity contribution is 6.09. The number of aryl methyl sites for hydroxylation is 2. The molecule has 0 saturated carbocycles. The van der Waals surface area contributed by atoms with Crippen molar-refractivity contribution >= 4 is 11.9 Å². The summed E-state index contributed by atoms with van der Waals surface area (Å²) in [5.74, 6) is 1.12. The van der Waals surface area contributed by atoms with Crippen LogP contribution in [-0.2, 0) is 23.3 Å². The third kappa shape index (κ3) is 3.89. The Kier molecular flexibility index (Phi) is 6.18. The van der Waals surface area contributed by atoms with Crippen LogP contribution in [-0.4, -0.2) is 49.2 Å². The van der Waals surface area contributed by atoms with Crippen molar-refractivity contribution in [2.24, 2.45) is 0 Å². The highest BCUT2D eigenvalue weighted by Gasteiger charge is 2.54. The number of fused-ring (bicyclic) bond motifs is 1. The molecule has 1 fully saturated rings. The molecule has 0 spiro atoms. The highest BCUT2D eigenvalue weighted by Crippen LogP contribution is 2.38. The molecule has 3 aromatic rings. The fraction of sp³-hybridized carbons (Fsp3) is 0.310. The van der Waals surface area contributed by atoms with Gasteiger partial charge in [-0.2, -0.15) is 0 Å². The Bertz CT molecular complexity index is 1320. The van der Waals surface area contributed by atoms with Crippen molar-refractivity contribution in [1.29, 1.82) is 0 Å². The van der Waals surface area contributed by atoms with Crippen LogP contribution in [0.1, 0.15) is 33.4 Å². The summed E-state index contributed by atoms with van der Waals surface area (Å²) in [7, 11) is 3.25. The molecule has 186 valence electrons. The first-order valence-corrected chi connectivity index (χ1v) is 12.1. The minimum atomic E-state index is -1.26. The zero-order valence-corrected chi connectivity index (χ0v) is 21.1. The minimum absolute atomic E-state index is 0.206. The average Bonchev–Trinajstić information content (AvgIpc) is 3.15. The summed E-state index contributed by atoms with van der Waals surface area (Å²) in [6.45, 7) is 5.59. The van der Waals surface area contributed by atoms with Crippen molar-refractivity contribution in [2.45, 2.75) is 32.4 Å². The SMILES string of the molecule is COc1cc2c(cc1OC)CN(CN1C(=O)NC(c3ccccc3)(c3ccc(C)c(C)c3)C1=O)CC2. The molecular formula is C29H31N3O4. The van der Waals surface area contributed by atoms with Gasteiger partial charge in [-0.1, -0.05) is 48.5 Å². The van der Waals surface area contributed by atoms with E-state index in [1.165, 1.54) is 10.5 Å². The van der Waals surface area contributed by atoms with E-state index in [4.69, 9.17) is 9.47 Å². The van der Waals surface area contributed by atoms with Gasteiger partial charge in [0.05, 0.1) is 20.9 Å².